The van der Waals surface area contributed by atoms with Crippen molar-refractivity contribution in [2.75, 3.05) is 5.32 Å². The minimum absolute atomic E-state index is 0.186. The fraction of sp³-hybridized carbons (Fsp3) is 0.429. The van der Waals surface area contributed by atoms with Crippen LogP contribution >= 0.6 is 0 Å². The van der Waals surface area contributed by atoms with E-state index in [1.807, 2.05) is 19.9 Å². The maximum atomic E-state index is 12.2. The molecule has 0 atom stereocenters. The smallest absolute Gasteiger partial charge is 0.260 e. The molecule has 0 saturated carbocycles. The zero-order valence-electron chi connectivity index (χ0n) is 11.9. The summed E-state index contributed by atoms with van der Waals surface area (Å²) in [6, 6.07) is 1.85. The van der Waals surface area contributed by atoms with E-state index in [1.165, 1.54) is 0 Å². The zero-order valence-corrected chi connectivity index (χ0v) is 11.9. The van der Waals surface area contributed by atoms with Crippen LogP contribution in [0.2, 0.25) is 0 Å². The Morgan fingerprint density at radius 3 is 2.47 bits per heavy atom. The summed E-state index contributed by atoms with van der Waals surface area (Å²) in [6.07, 6.45) is 0. The number of anilines is 1. The van der Waals surface area contributed by atoms with E-state index in [-0.39, 0.29) is 5.91 Å². The van der Waals surface area contributed by atoms with Gasteiger partial charge in [0.05, 0.1) is 5.56 Å². The Labute approximate surface area is 112 Å². The number of hydrogen-bond donors (Lipinski definition) is 2. The number of H-pyrrole nitrogens is 1. The van der Waals surface area contributed by atoms with Gasteiger partial charge in [-0.25, -0.2) is 0 Å². The van der Waals surface area contributed by atoms with Gasteiger partial charge in [0.25, 0.3) is 5.91 Å². The molecule has 0 aliphatic rings. The predicted molar refractivity (Wildman–Crippen MR) is 73.5 cm³/mol. The van der Waals surface area contributed by atoms with Gasteiger partial charge in [-0.05, 0) is 26.7 Å². The predicted octanol–water partition coefficient (Wildman–Crippen LogP) is 3.30. The van der Waals surface area contributed by atoms with Crippen LogP contribution in [0, 0.1) is 20.8 Å². The van der Waals surface area contributed by atoms with Gasteiger partial charge in [0.1, 0.15) is 11.5 Å². The van der Waals surface area contributed by atoms with Crippen molar-refractivity contribution in [3.8, 4) is 0 Å². The molecule has 5 nitrogen and oxygen atoms in total. The quantitative estimate of drug-likeness (QED) is 0.890. The molecule has 0 fully saturated rings. The molecule has 19 heavy (non-hydrogen) atoms. The van der Waals surface area contributed by atoms with Crippen LogP contribution in [-0.4, -0.2) is 16.1 Å². The molecule has 0 aliphatic heterocycles. The summed E-state index contributed by atoms with van der Waals surface area (Å²) in [6.45, 7) is 9.65. The highest BCUT2D eigenvalue weighted by atomic mass is 16.3. The molecule has 0 bridgehead atoms. The molecule has 0 spiro atoms. The molecule has 0 unspecified atom stereocenters. The minimum Gasteiger partial charge on any atom is -0.466 e. The normalized spacial score (nSPS) is 11.1. The average molecular weight is 261 g/mol. The number of nitrogens with zero attached hydrogens (tertiary/aromatic N) is 1. The molecule has 2 heterocycles. The lowest BCUT2D eigenvalue weighted by atomic mass is 10.1. The Morgan fingerprint density at radius 2 is 2.00 bits per heavy atom. The van der Waals surface area contributed by atoms with Crippen LogP contribution in [0.1, 0.15) is 52.9 Å². The number of aromatic amines is 1. The van der Waals surface area contributed by atoms with Crippen LogP contribution in [0.4, 0.5) is 5.82 Å². The first kappa shape index (κ1) is 13.4. The first-order chi connectivity index (χ1) is 8.90. The van der Waals surface area contributed by atoms with Gasteiger partial charge in [-0.1, -0.05) is 13.8 Å². The first-order valence-electron chi connectivity index (χ1n) is 6.33. The van der Waals surface area contributed by atoms with Crippen LogP contribution in [0.5, 0.6) is 0 Å². The van der Waals surface area contributed by atoms with E-state index < -0.39 is 0 Å². The minimum atomic E-state index is -0.186. The number of rotatable bonds is 3. The molecule has 2 N–H and O–H groups in total. The van der Waals surface area contributed by atoms with E-state index in [0.717, 1.165) is 17.0 Å². The number of hydrogen-bond acceptors (Lipinski definition) is 3. The number of furan rings is 1. The highest BCUT2D eigenvalue weighted by Crippen LogP contribution is 2.22. The SMILES string of the molecule is Cc1oc(C)c(C(=O)Nc2cc(C(C)C)[nH]n2)c1C. The lowest BCUT2D eigenvalue weighted by Gasteiger charge is -2.01. The van der Waals surface area contributed by atoms with Crippen molar-refractivity contribution in [2.45, 2.75) is 40.5 Å². The van der Waals surface area contributed by atoms with E-state index in [4.69, 9.17) is 4.42 Å². The second-order valence-corrected chi connectivity index (χ2v) is 5.03. The van der Waals surface area contributed by atoms with Crippen molar-refractivity contribution in [1.82, 2.24) is 10.2 Å². The Balaban J connectivity index is 2.21. The van der Waals surface area contributed by atoms with Gasteiger partial charge in [-0.15, -0.1) is 0 Å². The van der Waals surface area contributed by atoms with Gasteiger partial charge < -0.3 is 9.73 Å². The third kappa shape index (κ3) is 2.54. The standard InChI is InChI=1S/C14H19N3O2/c1-7(2)11-6-12(17-16-11)15-14(18)13-8(3)9(4)19-10(13)5/h6-7H,1-5H3,(H2,15,16,17,18). The molecular formula is C14H19N3O2. The Bertz CT molecular complexity index is 608. The summed E-state index contributed by atoms with van der Waals surface area (Å²) < 4.78 is 5.46. The van der Waals surface area contributed by atoms with Crippen molar-refractivity contribution in [1.29, 1.82) is 0 Å². The van der Waals surface area contributed by atoms with Crippen molar-refractivity contribution >= 4 is 11.7 Å². The molecule has 0 radical (unpaired) electrons. The van der Waals surface area contributed by atoms with Gasteiger partial charge in [-0.3, -0.25) is 9.89 Å². The van der Waals surface area contributed by atoms with Crippen LogP contribution < -0.4 is 5.32 Å². The number of carbonyl (C=O) groups excluding carboxylic acids is 1. The number of carbonyl (C=O) groups is 1. The fourth-order valence-electron chi connectivity index (χ4n) is 2.00. The molecule has 1 amide bonds. The highest BCUT2D eigenvalue weighted by molar-refractivity contribution is 6.05. The van der Waals surface area contributed by atoms with Gasteiger partial charge in [0.2, 0.25) is 0 Å². The van der Waals surface area contributed by atoms with Crippen molar-refractivity contribution in [3.05, 3.63) is 34.4 Å². The third-order valence-corrected chi connectivity index (χ3v) is 3.25. The number of nitrogens with one attached hydrogen (secondary N) is 2. The molecule has 2 rings (SSSR count). The molecule has 5 heteroatoms. The molecule has 2 aromatic heterocycles. The summed E-state index contributed by atoms with van der Waals surface area (Å²) in [7, 11) is 0. The van der Waals surface area contributed by atoms with Crippen molar-refractivity contribution in [3.63, 3.8) is 0 Å². The van der Waals surface area contributed by atoms with Crippen LogP contribution in [0.15, 0.2) is 10.5 Å². The Morgan fingerprint density at radius 1 is 1.32 bits per heavy atom. The second kappa shape index (κ2) is 4.91. The van der Waals surface area contributed by atoms with Gasteiger partial charge >= 0.3 is 0 Å². The van der Waals surface area contributed by atoms with E-state index in [2.05, 4.69) is 29.4 Å². The van der Waals surface area contributed by atoms with E-state index >= 15 is 0 Å². The Kier molecular flexibility index (Phi) is 3.46. The number of amides is 1. The van der Waals surface area contributed by atoms with E-state index in [0.29, 0.717) is 23.1 Å². The molecule has 0 aliphatic carbocycles. The van der Waals surface area contributed by atoms with Crippen molar-refractivity contribution in [2.24, 2.45) is 0 Å². The topological polar surface area (TPSA) is 70.9 Å². The monoisotopic (exact) mass is 261 g/mol. The molecular weight excluding hydrogens is 242 g/mol. The molecule has 0 saturated heterocycles. The maximum Gasteiger partial charge on any atom is 0.260 e. The number of aryl methyl sites for hydroxylation is 2. The second-order valence-electron chi connectivity index (χ2n) is 5.03. The third-order valence-electron chi connectivity index (χ3n) is 3.25. The van der Waals surface area contributed by atoms with Crippen LogP contribution in [0.25, 0.3) is 0 Å². The summed E-state index contributed by atoms with van der Waals surface area (Å²) in [4.78, 5) is 12.2. The van der Waals surface area contributed by atoms with Gasteiger partial charge in [0, 0.05) is 17.3 Å². The van der Waals surface area contributed by atoms with E-state index in [1.54, 1.807) is 6.92 Å². The lowest BCUT2D eigenvalue weighted by molar-refractivity contribution is 0.102. The maximum absolute atomic E-state index is 12.2. The molecule has 0 aromatic carbocycles. The molecule has 2 aromatic rings. The number of aromatic nitrogens is 2. The lowest BCUT2D eigenvalue weighted by Crippen LogP contribution is -2.13. The summed E-state index contributed by atoms with van der Waals surface area (Å²) in [5, 5.41) is 9.78. The Hall–Kier alpha value is -2.04. The largest absolute Gasteiger partial charge is 0.466 e. The summed E-state index contributed by atoms with van der Waals surface area (Å²) in [5.41, 5.74) is 2.45. The van der Waals surface area contributed by atoms with Crippen LogP contribution in [-0.2, 0) is 0 Å². The van der Waals surface area contributed by atoms with E-state index in [9.17, 15) is 4.79 Å². The van der Waals surface area contributed by atoms with Gasteiger partial charge in [-0.2, -0.15) is 5.10 Å². The van der Waals surface area contributed by atoms with Crippen molar-refractivity contribution < 1.29 is 9.21 Å². The zero-order chi connectivity index (χ0) is 14.2. The molecule has 102 valence electrons. The average Bonchev–Trinajstić information content (AvgIpc) is 2.85. The fourth-order valence-corrected chi connectivity index (χ4v) is 2.00. The summed E-state index contributed by atoms with van der Waals surface area (Å²) >= 11 is 0. The van der Waals surface area contributed by atoms with Crippen LogP contribution in [0.3, 0.4) is 0 Å². The van der Waals surface area contributed by atoms with Gasteiger partial charge in [0.15, 0.2) is 5.82 Å². The summed E-state index contributed by atoms with van der Waals surface area (Å²) in [5.74, 6) is 2.09. The highest BCUT2D eigenvalue weighted by Gasteiger charge is 2.19. The first-order valence-corrected chi connectivity index (χ1v) is 6.33.